The van der Waals surface area contributed by atoms with E-state index >= 15 is 0 Å². The van der Waals surface area contributed by atoms with Crippen LogP contribution in [0.15, 0.2) is 64.5 Å². The fraction of sp³-hybridized carbons (Fsp3) is 0.250. The Labute approximate surface area is 169 Å². The highest BCUT2D eigenvalue weighted by Gasteiger charge is 2.29. The summed E-state index contributed by atoms with van der Waals surface area (Å²) in [6.45, 7) is 1.74. The zero-order valence-corrected chi connectivity index (χ0v) is 16.6. The average molecular weight is 415 g/mol. The molecule has 0 radical (unpaired) electrons. The second kappa shape index (κ2) is 8.87. The Bertz CT molecular complexity index is 1040. The van der Waals surface area contributed by atoms with Crippen molar-refractivity contribution in [3.8, 4) is 0 Å². The average Bonchev–Trinajstić information content (AvgIpc) is 2.96. The number of nitrogens with zero attached hydrogens (tertiary/aromatic N) is 1. The molecule has 2 aromatic carbocycles. The van der Waals surface area contributed by atoms with E-state index in [4.69, 9.17) is 4.74 Å². The molecular weight excluding hydrogens is 394 g/mol. The minimum Gasteiger partial charge on any atom is -0.453 e. The molecule has 0 aromatic heterocycles. The zero-order chi connectivity index (χ0) is 20.9. The molecule has 0 aliphatic carbocycles. The van der Waals surface area contributed by atoms with Gasteiger partial charge in [-0.05, 0) is 37.6 Å². The Kier molecular flexibility index (Phi) is 6.28. The lowest BCUT2D eigenvalue weighted by Gasteiger charge is -2.13. The van der Waals surface area contributed by atoms with E-state index in [0.29, 0.717) is 17.7 Å². The van der Waals surface area contributed by atoms with E-state index in [1.807, 2.05) is 6.07 Å². The number of para-hydroxylation sites is 1. The number of hydrogen-bond acceptors (Lipinski definition) is 6. The van der Waals surface area contributed by atoms with E-state index in [1.165, 1.54) is 13.0 Å². The van der Waals surface area contributed by atoms with E-state index in [0.717, 1.165) is 0 Å². The van der Waals surface area contributed by atoms with Crippen LogP contribution in [0.1, 0.15) is 25.3 Å². The molecule has 1 unspecified atom stereocenters. The van der Waals surface area contributed by atoms with E-state index < -0.39 is 28.0 Å². The van der Waals surface area contributed by atoms with Crippen molar-refractivity contribution in [1.29, 1.82) is 0 Å². The monoisotopic (exact) mass is 415 g/mol. The third-order valence-corrected chi connectivity index (χ3v) is 5.59. The number of benzene rings is 2. The van der Waals surface area contributed by atoms with Crippen LogP contribution in [0.5, 0.6) is 0 Å². The van der Waals surface area contributed by atoms with Gasteiger partial charge in [-0.3, -0.25) is 19.3 Å². The van der Waals surface area contributed by atoms with Gasteiger partial charge in [0.15, 0.2) is 6.10 Å². The number of carbonyl (C=O) groups is 2. The van der Waals surface area contributed by atoms with Crippen molar-refractivity contribution in [1.82, 2.24) is 4.72 Å². The van der Waals surface area contributed by atoms with E-state index in [9.17, 15) is 18.0 Å². The molecule has 9 heteroatoms. The second-order valence-corrected chi connectivity index (χ2v) is 8.07. The van der Waals surface area contributed by atoms with Gasteiger partial charge < -0.3 is 10.1 Å². The predicted molar refractivity (Wildman–Crippen MR) is 108 cm³/mol. The fourth-order valence-corrected chi connectivity index (χ4v) is 3.99. The number of amides is 1. The first-order chi connectivity index (χ1) is 13.9. The Morgan fingerprint density at radius 3 is 2.55 bits per heavy atom. The summed E-state index contributed by atoms with van der Waals surface area (Å²) in [5.41, 5.74) is 1.14. The van der Waals surface area contributed by atoms with Crippen LogP contribution in [0.2, 0.25) is 0 Å². The number of amidine groups is 1. The van der Waals surface area contributed by atoms with Gasteiger partial charge in [-0.2, -0.15) is 0 Å². The molecule has 0 fully saturated rings. The number of carbonyl (C=O) groups excluding carboxylic acids is 2. The smallest absolute Gasteiger partial charge is 0.306 e. The molecule has 1 heterocycles. The lowest BCUT2D eigenvalue weighted by molar-refractivity contribution is -0.153. The van der Waals surface area contributed by atoms with Crippen LogP contribution in [0.3, 0.4) is 0 Å². The Morgan fingerprint density at radius 2 is 1.79 bits per heavy atom. The summed E-state index contributed by atoms with van der Waals surface area (Å²) >= 11 is 0. The first-order valence-corrected chi connectivity index (χ1v) is 10.6. The topological polar surface area (TPSA) is 114 Å². The molecule has 3 rings (SSSR count). The van der Waals surface area contributed by atoms with Crippen LogP contribution < -0.4 is 10.0 Å². The summed E-state index contributed by atoms with van der Waals surface area (Å²) in [4.78, 5) is 28.4. The van der Waals surface area contributed by atoms with Gasteiger partial charge in [0.05, 0.1) is 4.90 Å². The van der Waals surface area contributed by atoms with Crippen molar-refractivity contribution in [2.24, 2.45) is 4.99 Å². The summed E-state index contributed by atoms with van der Waals surface area (Å²) in [6, 6.07) is 15.4. The van der Waals surface area contributed by atoms with Gasteiger partial charge in [0, 0.05) is 24.2 Å². The summed E-state index contributed by atoms with van der Waals surface area (Å²) < 4.78 is 31.6. The van der Waals surface area contributed by atoms with Gasteiger partial charge in [0.2, 0.25) is 0 Å². The van der Waals surface area contributed by atoms with Crippen LogP contribution in [0.25, 0.3) is 0 Å². The Morgan fingerprint density at radius 1 is 1.10 bits per heavy atom. The standard InChI is InChI=1S/C20H21N3O5S/c1-14(20(25)22-15-8-3-2-4-9-15)28-18(24)12-7-13-21-19-16-10-5-6-11-17(16)29(26,27)23-19/h2-6,8-11,14H,7,12-13H2,1H3,(H,21,23)(H,22,25). The fourth-order valence-electron chi connectivity index (χ4n) is 2.74. The van der Waals surface area contributed by atoms with E-state index in [1.54, 1.807) is 42.5 Å². The third kappa shape index (κ3) is 5.20. The summed E-state index contributed by atoms with van der Waals surface area (Å²) in [5, 5.41) is 2.67. The van der Waals surface area contributed by atoms with Gasteiger partial charge in [0.1, 0.15) is 5.84 Å². The van der Waals surface area contributed by atoms with Crippen molar-refractivity contribution in [2.45, 2.75) is 30.8 Å². The molecule has 152 valence electrons. The first-order valence-electron chi connectivity index (χ1n) is 9.09. The maximum Gasteiger partial charge on any atom is 0.306 e. The number of nitrogens with one attached hydrogen (secondary N) is 2. The van der Waals surface area contributed by atoms with Crippen LogP contribution >= 0.6 is 0 Å². The number of sulfonamides is 1. The number of hydrogen-bond donors (Lipinski definition) is 2. The molecule has 8 nitrogen and oxygen atoms in total. The quantitative estimate of drug-likeness (QED) is 0.531. The number of aliphatic imine (C=N–C) groups is 1. The maximum atomic E-state index is 12.1. The van der Waals surface area contributed by atoms with Crippen LogP contribution in [-0.4, -0.2) is 38.8 Å². The zero-order valence-electron chi connectivity index (χ0n) is 15.8. The van der Waals surface area contributed by atoms with Crippen molar-refractivity contribution in [3.63, 3.8) is 0 Å². The van der Waals surface area contributed by atoms with Gasteiger partial charge >= 0.3 is 5.97 Å². The summed E-state index contributed by atoms with van der Waals surface area (Å²) in [7, 11) is -3.58. The van der Waals surface area contributed by atoms with Gasteiger partial charge in [-0.1, -0.05) is 30.3 Å². The molecule has 0 saturated heterocycles. The highest BCUT2D eigenvalue weighted by atomic mass is 32.2. The first kappa shape index (κ1) is 20.5. The third-order valence-electron chi connectivity index (χ3n) is 4.19. The van der Waals surface area contributed by atoms with Crippen LogP contribution in [-0.2, 0) is 24.3 Å². The maximum absolute atomic E-state index is 12.1. The molecule has 1 atom stereocenters. The van der Waals surface area contributed by atoms with Gasteiger partial charge in [0.25, 0.3) is 15.9 Å². The largest absolute Gasteiger partial charge is 0.453 e. The van der Waals surface area contributed by atoms with E-state index in [-0.39, 0.29) is 23.7 Å². The van der Waals surface area contributed by atoms with Gasteiger partial charge in [-0.25, -0.2) is 8.42 Å². The highest BCUT2D eigenvalue weighted by molar-refractivity contribution is 7.90. The highest BCUT2D eigenvalue weighted by Crippen LogP contribution is 2.22. The normalized spacial score (nSPS) is 16.5. The molecule has 2 N–H and O–H groups in total. The number of fused-ring (bicyclic) bond motifs is 1. The van der Waals surface area contributed by atoms with Gasteiger partial charge in [-0.15, -0.1) is 0 Å². The molecule has 1 aliphatic heterocycles. The SMILES string of the molecule is CC(OC(=O)CCCN=C1NS(=O)(=O)c2ccccc21)C(=O)Nc1ccccc1. The minimum absolute atomic E-state index is 0.0636. The molecule has 1 amide bonds. The molecule has 1 aliphatic rings. The second-order valence-electron chi connectivity index (χ2n) is 6.42. The Hall–Kier alpha value is -3.20. The molecule has 0 bridgehead atoms. The molecule has 2 aromatic rings. The van der Waals surface area contributed by atoms with Crippen molar-refractivity contribution >= 4 is 33.4 Å². The van der Waals surface area contributed by atoms with Crippen molar-refractivity contribution in [2.75, 3.05) is 11.9 Å². The van der Waals surface area contributed by atoms with Crippen molar-refractivity contribution in [3.05, 3.63) is 60.2 Å². The van der Waals surface area contributed by atoms with E-state index in [2.05, 4.69) is 15.0 Å². The van der Waals surface area contributed by atoms with Crippen LogP contribution in [0.4, 0.5) is 5.69 Å². The number of ether oxygens (including phenoxy) is 1. The van der Waals surface area contributed by atoms with Crippen molar-refractivity contribution < 1.29 is 22.7 Å². The minimum atomic E-state index is -3.58. The number of anilines is 1. The molecule has 29 heavy (non-hydrogen) atoms. The molecule has 0 spiro atoms. The lowest BCUT2D eigenvalue weighted by Crippen LogP contribution is -2.30. The number of esters is 1. The molecule has 0 saturated carbocycles. The molecular formula is C20H21N3O5S. The summed E-state index contributed by atoms with van der Waals surface area (Å²) in [5.74, 6) is -0.667. The lowest BCUT2D eigenvalue weighted by atomic mass is 10.2. The predicted octanol–water partition coefficient (Wildman–Crippen LogP) is 2.08. The van der Waals surface area contributed by atoms with Crippen LogP contribution in [0, 0.1) is 0 Å². The number of rotatable bonds is 7. The Balaban J connectivity index is 1.46. The summed E-state index contributed by atoms with van der Waals surface area (Å²) in [6.07, 6.45) is -0.504.